The smallest absolute Gasteiger partial charge is 0.305 e. The minimum Gasteiger partial charge on any atom is -0.481 e. The largest absolute Gasteiger partial charge is 0.481 e. The van der Waals surface area contributed by atoms with E-state index in [0.717, 1.165) is 64.2 Å². The molecule has 20 atom stereocenters. The summed E-state index contributed by atoms with van der Waals surface area (Å²) in [5.41, 5.74) is 1.10. The van der Waals surface area contributed by atoms with Gasteiger partial charge < -0.3 is 30.3 Å². The van der Waals surface area contributed by atoms with Crippen LogP contribution in [0.1, 0.15) is 170 Å². The number of aliphatic carboxylic acids is 1. The van der Waals surface area contributed by atoms with E-state index in [-0.39, 0.29) is 53.1 Å². The Kier molecular flexibility index (Phi) is 12.8. The van der Waals surface area contributed by atoms with Crippen molar-refractivity contribution in [2.45, 2.75) is 194 Å². The van der Waals surface area contributed by atoms with Crippen LogP contribution in [0.25, 0.3) is 0 Å². The lowest BCUT2D eigenvalue weighted by molar-refractivity contribution is -0.174. The van der Waals surface area contributed by atoms with Crippen LogP contribution < -0.4 is 0 Å². The summed E-state index contributed by atoms with van der Waals surface area (Å²) < 4.78 is 4.86. The zero-order chi connectivity index (χ0) is 41.2. The lowest BCUT2D eigenvalue weighted by Gasteiger charge is -2.62. The lowest BCUT2D eigenvalue weighted by atomic mass is 9.43. The first kappa shape index (κ1) is 43.9. The first-order valence-electron chi connectivity index (χ1n) is 23.9. The van der Waals surface area contributed by atoms with Crippen LogP contribution in [0.4, 0.5) is 0 Å². The highest BCUT2D eigenvalue weighted by atomic mass is 16.5. The summed E-state index contributed by atoms with van der Waals surface area (Å²) in [5, 5.41) is 52.1. The Balaban J connectivity index is 0.000000174. The lowest BCUT2D eigenvalue weighted by Crippen LogP contribution is -2.58. The van der Waals surface area contributed by atoms with Gasteiger partial charge in [-0.1, -0.05) is 41.5 Å². The monoisotopic (exact) mass is 799 g/mol. The third kappa shape index (κ3) is 7.70. The van der Waals surface area contributed by atoms with Crippen molar-refractivity contribution in [1.82, 2.24) is 0 Å². The van der Waals surface area contributed by atoms with Gasteiger partial charge in [0.05, 0.1) is 31.5 Å². The van der Waals surface area contributed by atoms with Crippen molar-refractivity contribution < 1.29 is 39.9 Å². The zero-order valence-corrected chi connectivity index (χ0v) is 36.8. The number of carbonyl (C=O) groups excluding carboxylic acids is 1. The molecule has 0 spiro atoms. The molecule has 326 valence electrons. The Bertz CT molecular complexity index is 1440. The minimum absolute atomic E-state index is 0.0959. The summed E-state index contributed by atoms with van der Waals surface area (Å²) in [6, 6.07) is 0. The van der Waals surface area contributed by atoms with Crippen LogP contribution in [-0.4, -0.2) is 69.0 Å². The number of fused-ring (bicyclic) bond motifs is 10. The third-order valence-electron chi connectivity index (χ3n) is 20.7. The van der Waals surface area contributed by atoms with Gasteiger partial charge in [-0.2, -0.15) is 0 Å². The molecule has 8 nitrogen and oxygen atoms in total. The molecule has 57 heavy (non-hydrogen) atoms. The molecule has 8 rings (SSSR count). The van der Waals surface area contributed by atoms with Crippen molar-refractivity contribution in [3.63, 3.8) is 0 Å². The zero-order valence-electron chi connectivity index (χ0n) is 36.8. The average molecular weight is 799 g/mol. The highest BCUT2D eigenvalue weighted by Gasteiger charge is 2.64. The van der Waals surface area contributed by atoms with Gasteiger partial charge in [0.25, 0.3) is 0 Å². The van der Waals surface area contributed by atoms with Crippen molar-refractivity contribution in [3.8, 4) is 0 Å². The van der Waals surface area contributed by atoms with Gasteiger partial charge >= 0.3 is 11.9 Å². The summed E-state index contributed by atoms with van der Waals surface area (Å²) in [6.07, 6.45) is 19.0. The second-order valence-corrected chi connectivity index (χ2v) is 22.9. The van der Waals surface area contributed by atoms with E-state index in [4.69, 9.17) is 9.84 Å². The van der Waals surface area contributed by atoms with E-state index in [0.29, 0.717) is 82.9 Å². The normalized spacial score (nSPS) is 50.9. The number of methoxy groups -OCH3 is 1. The molecule has 0 aliphatic heterocycles. The van der Waals surface area contributed by atoms with Crippen molar-refractivity contribution in [2.75, 3.05) is 7.11 Å². The number of aliphatic hydroxyl groups excluding tert-OH is 4. The molecule has 0 unspecified atom stereocenters. The molecule has 0 aromatic carbocycles. The van der Waals surface area contributed by atoms with E-state index in [1.165, 1.54) is 58.5 Å². The van der Waals surface area contributed by atoms with Crippen LogP contribution in [0.5, 0.6) is 0 Å². The molecule has 0 heterocycles. The maximum absolute atomic E-state index is 11.6. The first-order valence-corrected chi connectivity index (χ1v) is 23.9. The molecular formula is C49H82O8. The standard InChI is InChI=1S/C25H42O4.C24H40O4/c1-15(5-8-22(28)29-4)18-6-7-19-23-20(10-12-25(18,19)3)24(2)11-9-17(26)13-16(24)14-21(23)27;1-14(4-7-21(27)28)17-5-6-18-22-19(9-11-24(17,18)3)23(2)10-8-16(25)12-15(23)13-20(22)26/h15-21,23,26-27H,5-14H2,1-4H3;14-20,22,25-26H,4-13H2,1-3H3,(H,27,28)/t15-,16+,17-,18-,19+,20+,21+,23+,24+,25-;14-,15+,16-,17-,18+,19+,20+,22+,23+,24-/m11/s1. The average Bonchev–Trinajstić information content (AvgIpc) is 3.71. The molecule has 0 aromatic rings. The number of carbonyl (C=O) groups is 2. The van der Waals surface area contributed by atoms with E-state index in [2.05, 4.69) is 41.5 Å². The number of carboxylic acids is 1. The van der Waals surface area contributed by atoms with Gasteiger partial charge in [0.1, 0.15) is 0 Å². The van der Waals surface area contributed by atoms with Gasteiger partial charge in [-0.15, -0.1) is 0 Å². The van der Waals surface area contributed by atoms with Gasteiger partial charge in [-0.05, 0) is 208 Å². The van der Waals surface area contributed by atoms with Crippen LogP contribution in [0.3, 0.4) is 0 Å². The minimum atomic E-state index is -0.684. The molecule has 8 fully saturated rings. The Morgan fingerprint density at radius 1 is 0.561 bits per heavy atom. The topological polar surface area (TPSA) is 145 Å². The third-order valence-corrected chi connectivity index (χ3v) is 20.7. The fraction of sp³-hybridized carbons (Fsp3) is 0.959. The Morgan fingerprint density at radius 3 is 1.35 bits per heavy atom. The molecule has 0 radical (unpaired) electrons. The second-order valence-electron chi connectivity index (χ2n) is 22.9. The summed E-state index contributed by atoms with van der Waals surface area (Å²) >= 11 is 0. The van der Waals surface area contributed by atoms with Gasteiger partial charge in [-0.25, -0.2) is 0 Å². The van der Waals surface area contributed by atoms with Gasteiger partial charge in [0, 0.05) is 12.8 Å². The van der Waals surface area contributed by atoms with Crippen LogP contribution in [0.2, 0.25) is 0 Å². The van der Waals surface area contributed by atoms with E-state index in [1.807, 2.05) is 0 Å². The van der Waals surface area contributed by atoms with Crippen LogP contribution >= 0.6 is 0 Å². The van der Waals surface area contributed by atoms with Crippen LogP contribution in [0, 0.1) is 92.7 Å². The fourth-order valence-electron chi connectivity index (χ4n) is 17.6. The van der Waals surface area contributed by atoms with Crippen molar-refractivity contribution in [3.05, 3.63) is 0 Å². The number of esters is 1. The molecule has 5 N–H and O–H groups in total. The predicted molar refractivity (Wildman–Crippen MR) is 222 cm³/mol. The van der Waals surface area contributed by atoms with E-state index in [9.17, 15) is 30.0 Å². The van der Waals surface area contributed by atoms with E-state index >= 15 is 0 Å². The number of aliphatic hydroxyl groups is 4. The highest BCUT2D eigenvalue weighted by molar-refractivity contribution is 5.69. The number of rotatable bonds is 8. The highest BCUT2D eigenvalue weighted by Crippen LogP contribution is 2.70. The summed E-state index contributed by atoms with van der Waals surface area (Å²) in [7, 11) is 1.48. The summed E-state index contributed by atoms with van der Waals surface area (Å²) in [5.74, 6) is 5.53. The van der Waals surface area contributed by atoms with Gasteiger partial charge in [0.2, 0.25) is 0 Å². The molecule has 0 aromatic heterocycles. The number of carboxylic acid groups (broad SMARTS) is 1. The van der Waals surface area contributed by atoms with Crippen molar-refractivity contribution in [1.29, 1.82) is 0 Å². The molecule has 8 saturated carbocycles. The first-order chi connectivity index (χ1) is 26.9. The molecule has 8 aliphatic rings. The van der Waals surface area contributed by atoms with E-state index in [1.54, 1.807) is 0 Å². The molecule has 8 aliphatic carbocycles. The van der Waals surface area contributed by atoms with Crippen LogP contribution in [-0.2, 0) is 14.3 Å². The van der Waals surface area contributed by atoms with Gasteiger partial charge in [-0.3, -0.25) is 9.59 Å². The maximum atomic E-state index is 11.6. The predicted octanol–water partition coefficient (Wildman–Crippen LogP) is 9.04. The number of hydrogen-bond donors (Lipinski definition) is 5. The number of ether oxygens (including phenoxy) is 1. The quantitative estimate of drug-likeness (QED) is 0.153. The Hall–Kier alpha value is -1.22. The molecule has 0 bridgehead atoms. The summed E-state index contributed by atoms with van der Waals surface area (Å²) in [4.78, 5) is 22.7. The SMILES string of the molecule is COC(=O)CC[C@@H](C)[C@H]1CC[C@H]2[C@@H]3[C@@H](O)C[C@@H]4C[C@H](O)CC[C@]4(C)[C@H]3CC[C@]12C.C[C@H](CCC(=O)O)[C@H]1CC[C@H]2[C@@H]3[C@@H](O)C[C@@H]4C[C@H](O)CC[C@]4(C)[C@H]3CC[C@]12C. The molecule has 0 amide bonds. The Labute approximate surface area is 345 Å². The van der Waals surface area contributed by atoms with Crippen molar-refractivity contribution in [2.24, 2.45) is 92.7 Å². The van der Waals surface area contributed by atoms with Gasteiger partial charge in [0.15, 0.2) is 0 Å². The summed E-state index contributed by atoms with van der Waals surface area (Å²) in [6.45, 7) is 14.5. The molecule has 0 saturated heterocycles. The number of hydrogen-bond acceptors (Lipinski definition) is 7. The van der Waals surface area contributed by atoms with E-state index < -0.39 is 5.97 Å². The Morgan fingerprint density at radius 2 is 0.947 bits per heavy atom. The van der Waals surface area contributed by atoms with Crippen molar-refractivity contribution >= 4 is 11.9 Å². The second kappa shape index (κ2) is 16.6. The van der Waals surface area contributed by atoms with Crippen LogP contribution in [0.15, 0.2) is 0 Å². The fourth-order valence-corrected chi connectivity index (χ4v) is 17.6. The maximum Gasteiger partial charge on any atom is 0.305 e. The molecular weight excluding hydrogens is 717 g/mol. The molecule has 8 heteroatoms.